The van der Waals surface area contributed by atoms with Crippen LogP contribution >= 0.6 is 7.60 Å². The van der Waals surface area contributed by atoms with Gasteiger partial charge in [-0.3, -0.25) is 4.57 Å². The van der Waals surface area contributed by atoms with Gasteiger partial charge in [0, 0.05) is 12.8 Å². The van der Waals surface area contributed by atoms with Crippen LogP contribution in [0.2, 0.25) is 0 Å². The van der Waals surface area contributed by atoms with Crippen molar-refractivity contribution >= 4 is 7.60 Å². The van der Waals surface area contributed by atoms with Crippen molar-refractivity contribution in [3.8, 4) is 0 Å². The fourth-order valence-electron chi connectivity index (χ4n) is 2.52. The second-order valence-electron chi connectivity index (χ2n) is 6.11. The lowest BCUT2D eigenvalue weighted by atomic mass is 10.1. The Morgan fingerprint density at radius 3 is 1.87 bits per heavy atom. The third-order valence-corrected chi connectivity index (χ3v) is 4.75. The lowest BCUT2D eigenvalue weighted by molar-refractivity contribution is 0.116. The number of unbranched alkanes of at least 4 members (excludes halogenated alkanes) is 8. The lowest BCUT2D eigenvalue weighted by Gasteiger charge is -2.05. The van der Waals surface area contributed by atoms with Gasteiger partial charge >= 0.3 is 7.60 Å². The van der Waals surface area contributed by atoms with Gasteiger partial charge in [0.25, 0.3) is 0 Å². The molecule has 0 atom stereocenters. The maximum atomic E-state index is 10.7. The molecular formula is C18H31O4P. The molecule has 0 bridgehead atoms. The van der Waals surface area contributed by atoms with E-state index in [1.165, 1.54) is 37.7 Å². The first-order valence-electron chi connectivity index (χ1n) is 8.74. The van der Waals surface area contributed by atoms with Crippen LogP contribution in [0, 0.1) is 0 Å². The van der Waals surface area contributed by atoms with Crippen molar-refractivity contribution in [2.45, 2.75) is 64.4 Å². The topological polar surface area (TPSA) is 66.8 Å². The van der Waals surface area contributed by atoms with Crippen molar-refractivity contribution in [1.82, 2.24) is 0 Å². The van der Waals surface area contributed by atoms with Crippen molar-refractivity contribution < 1.29 is 19.1 Å². The normalized spacial score (nSPS) is 11.7. The fraction of sp³-hybridized carbons (Fsp3) is 0.667. The van der Waals surface area contributed by atoms with E-state index in [4.69, 9.17) is 14.5 Å². The van der Waals surface area contributed by atoms with Gasteiger partial charge in [-0.1, -0.05) is 75.3 Å². The molecule has 0 fully saturated rings. The van der Waals surface area contributed by atoms with Crippen molar-refractivity contribution in [3.63, 3.8) is 0 Å². The molecule has 0 unspecified atom stereocenters. The minimum atomic E-state index is -3.78. The average molecular weight is 342 g/mol. The summed E-state index contributed by atoms with van der Waals surface area (Å²) >= 11 is 0. The second kappa shape index (κ2) is 12.7. The summed E-state index contributed by atoms with van der Waals surface area (Å²) in [6, 6.07) is 10.2. The second-order valence-corrected chi connectivity index (χ2v) is 7.89. The summed E-state index contributed by atoms with van der Waals surface area (Å²) < 4.78 is 16.3. The fourth-order valence-corrected chi connectivity index (χ4v) is 3.16. The molecule has 0 aliphatic carbocycles. The van der Waals surface area contributed by atoms with E-state index in [0.29, 0.717) is 13.0 Å². The Bertz CT molecular complexity index is 430. The van der Waals surface area contributed by atoms with Crippen LogP contribution in [0.1, 0.15) is 63.4 Å². The molecule has 1 aromatic carbocycles. The molecule has 1 aromatic rings. The number of hydrogen-bond donors (Lipinski definition) is 2. The highest BCUT2D eigenvalue weighted by molar-refractivity contribution is 7.51. The van der Waals surface area contributed by atoms with Crippen LogP contribution in [0.4, 0.5) is 0 Å². The summed E-state index contributed by atoms with van der Waals surface area (Å²) in [6.07, 6.45) is 9.92. The Morgan fingerprint density at radius 1 is 0.783 bits per heavy atom. The SMILES string of the molecule is O=P(O)(O)CCCCCCCCCCCOCc1ccccc1. The first-order valence-corrected chi connectivity index (χ1v) is 10.5. The van der Waals surface area contributed by atoms with Crippen LogP contribution in [0.25, 0.3) is 0 Å². The van der Waals surface area contributed by atoms with E-state index in [9.17, 15) is 4.57 Å². The maximum Gasteiger partial charge on any atom is 0.325 e. The highest BCUT2D eigenvalue weighted by atomic mass is 31.2. The van der Waals surface area contributed by atoms with E-state index in [1.54, 1.807) is 0 Å². The number of benzene rings is 1. The Labute approximate surface area is 140 Å². The number of ether oxygens (including phenoxy) is 1. The zero-order valence-electron chi connectivity index (χ0n) is 14.0. The van der Waals surface area contributed by atoms with Crippen LogP contribution < -0.4 is 0 Å². The minimum absolute atomic E-state index is 0.0377. The monoisotopic (exact) mass is 342 g/mol. The quantitative estimate of drug-likeness (QED) is 0.373. The van der Waals surface area contributed by atoms with Gasteiger partial charge in [-0.15, -0.1) is 0 Å². The molecule has 0 radical (unpaired) electrons. The molecule has 5 heteroatoms. The molecule has 23 heavy (non-hydrogen) atoms. The predicted octanol–water partition coefficient (Wildman–Crippen LogP) is 4.89. The van der Waals surface area contributed by atoms with E-state index in [0.717, 1.165) is 25.9 Å². The van der Waals surface area contributed by atoms with E-state index < -0.39 is 7.60 Å². The molecule has 0 spiro atoms. The predicted molar refractivity (Wildman–Crippen MR) is 94.6 cm³/mol. The third-order valence-electron chi connectivity index (χ3n) is 3.85. The van der Waals surface area contributed by atoms with Gasteiger partial charge in [0.05, 0.1) is 6.61 Å². The average Bonchev–Trinajstić information content (AvgIpc) is 2.52. The van der Waals surface area contributed by atoms with Crippen molar-refractivity contribution in [1.29, 1.82) is 0 Å². The van der Waals surface area contributed by atoms with E-state index in [-0.39, 0.29) is 6.16 Å². The molecule has 1 rings (SSSR count). The highest BCUT2D eigenvalue weighted by Crippen LogP contribution is 2.35. The van der Waals surface area contributed by atoms with Crippen LogP contribution in [0.3, 0.4) is 0 Å². The Hall–Kier alpha value is -0.670. The minimum Gasteiger partial charge on any atom is -0.377 e. The number of rotatable bonds is 14. The number of hydrogen-bond acceptors (Lipinski definition) is 2. The standard InChI is InChI=1S/C18H31O4P/c19-23(20,21)16-12-7-5-3-1-2-4-6-11-15-22-17-18-13-9-8-10-14-18/h8-10,13-14H,1-7,11-12,15-17H2,(H2,19,20,21). The molecule has 0 aliphatic heterocycles. The van der Waals surface area contributed by atoms with Gasteiger partial charge < -0.3 is 14.5 Å². The van der Waals surface area contributed by atoms with E-state index >= 15 is 0 Å². The molecule has 2 N–H and O–H groups in total. The van der Waals surface area contributed by atoms with Crippen LogP contribution in [-0.4, -0.2) is 22.6 Å². The summed E-state index contributed by atoms with van der Waals surface area (Å²) in [5.41, 5.74) is 1.23. The van der Waals surface area contributed by atoms with Gasteiger partial charge in [-0.25, -0.2) is 0 Å². The third kappa shape index (κ3) is 13.5. The Morgan fingerprint density at radius 2 is 1.30 bits per heavy atom. The highest BCUT2D eigenvalue weighted by Gasteiger charge is 2.10. The molecule has 4 nitrogen and oxygen atoms in total. The first-order chi connectivity index (χ1) is 11.1. The summed E-state index contributed by atoms with van der Waals surface area (Å²) in [4.78, 5) is 17.5. The van der Waals surface area contributed by atoms with E-state index in [2.05, 4.69) is 12.1 Å². The molecule has 0 heterocycles. The summed E-state index contributed by atoms with van der Waals surface area (Å²) in [6.45, 7) is 1.53. The summed E-state index contributed by atoms with van der Waals surface area (Å²) in [5, 5.41) is 0. The lowest BCUT2D eigenvalue weighted by Crippen LogP contribution is -1.95. The van der Waals surface area contributed by atoms with Crippen molar-refractivity contribution in [2.24, 2.45) is 0 Å². The largest absolute Gasteiger partial charge is 0.377 e. The summed E-state index contributed by atoms with van der Waals surface area (Å²) in [5.74, 6) is 0. The van der Waals surface area contributed by atoms with Gasteiger partial charge in [0.1, 0.15) is 0 Å². The Kier molecular flexibility index (Phi) is 11.3. The zero-order valence-corrected chi connectivity index (χ0v) is 14.9. The van der Waals surface area contributed by atoms with Crippen LogP contribution in [0.15, 0.2) is 30.3 Å². The van der Waals surface area contributed by atoms with Gasteiger partial charge in [-0.05, 0) is 18.4 Å². The van der Waals surface area contributed by atoms with Gasteiger partial charge in [-0.2, -0.15) is 0 Å². The van der Waals surface area contributed by atoms with Crippen LogP contribution in [-0.2, 0) is 15.9 Å². The molecule has 0 saturated heterocycles. The maximum absolute atomic E-state index is 10.7. The van der Waals surface area contributed by atoms with Gasteiger partial charge in [0.15, 0.2) is 0 Å². The van der Waals surface area contributed by atoms with Crippen molar-refractivity contribution in [2.75, 3.05) is 12.8 Å². The first kappa shape index (κ1) is 20.4. The van der Waals surface area contributed by atoms with Crippen molar-refractivity contribution in [3.05, 3.63) is 35.9 Å². The molecule has 0 saturated carbocycles. The molecule has 0 aromatic heterocycles. The molecule has 0 aliphatic rings. The molecule has 132 valence electrons. The van der Waals surface area contributed by atoms with E-state index in [1.807, 2.05) is 18.2 Å². The van der Waals surface area contributed by atoms with Gasteiger partial charge in [0.2, 0.25) is 0 Å². The zero-order chi connectivity index (χ0) is 16.8. The Balaban J connectivity index is 1.77. The summed E-state index contributed by atoms with van der Waals surface area (Å²) in [7, 11) is -3.78. The molecule has 0 amide bonds. The molecular weight excluding hydrogens is 311 g/mol. The van der Waals surface area contributed by atoms with Crippen LogP contribution in [0.5, 0.6) is 0 Å². The smallest absolute Gasteiger partial charge is 0.325 e.